The van der Waals surface area contributed by atoms with E-state index in [0.29, 0.717) is 12.5 Å². The molecule has 2 aromatic heterocycles. The molecule has 1 aliphatic rings. The van der Waals surface area contributed by atoms with Crippen molar-refractivity contribution in [2.24, 2.45) is 13.0 Å². The summed E-state index contributed by atoms with van der Waals surface area (Å²) in [5, 5.41) is 9.18. The zero-order valence-electron chi connectivity index (χ0n) is 13.4. The Morgan fingerprint density at radius 3 is 3.04 bits per heavy atom. The summed E-state index contributed by atoms with van der Waals surface area (Å²) in [7, 11) is 2.02. The van der Waals surface area contributed by atoms with Gasteiger partial charge in [0.05, 0.1) is 17.0 Å². The molecule has 1 aliphatic heterocycles. The minimum Gasteiger partial charge on any atom is -0.341 e. The molecule has 4 rings (SSSR count). The normalized spacial score (nSPS) is 18.0. The molecule has 0 saturated carbocycles. The Balaban J connectivity index is 1.53. The van der Waals surface area contributed by atoms with Crippen LogP contribution in [0.25, 0.3) is 11.0 Å². The molecule has 1 amide bonds. The quantitative estimate of drug-likeness (QED) is 0.762. The molecule has 124 valence electrons. The average molecular weight is 325 g/mol. The number of benzene rings is 1. The number of hydrogen-bond donors (Lipinski definition) is 2. The number of rotatable bonds is 3. The maximum atomic E-state index is 12.4. The highest BCUT2D eigenvalue weighted by Gasteiger charge is 2.28. The van der Waals surface area contributed by atoms with Gasteiger partial charge in [0.2, 0.25) is 17.8 Å². The number of hydrogen-bond acceptors (Lipinski definition) is 5. The molecule has 0 radical (unpaired) electrons. The lowest BCUT2D eigenvalue weighted by Gasteiger charge is -2.32. The standard InChI is InChI=1S/C16H19N7O/c1-22-13-7-3-2-6-12(13)19-16(22)23-8-4-5-11(9-23)14(24)20-15-17-10-18-21-15/h2-3,6-7,10-11H,4-5,8-9H2,1H3,(H2,17,18,20,21,24). The van der Waals surface area contributed by atoms with Crippen LogP contribution in [0.3, 0.4) is 0 Å². The molecule has 0 bridgehead atoms. The van der Waals surface area contributed by atoms with Crippen molar-refractivity contribution >= 4 is 28.8 Å². The van der Waals surface area contributed by atoms with Crippen LogP contribution < -0.4 is 10.2 Å². The number of para-hydroxylation sites is 2. The maximum absolute atomic E-state index is 12.4. The maximum Gasteiger partial charge on any atom is 0.231 e. The van der Waals surface area contributed by atoms with Gasteiger partial charge in [-0.05, 0) is 25.0 Å². The van der Waals surface area contributed by atoms with E-state index in [0.717, 1.165) is 36.4 Å². The Kier molecular flexibility index (Phi) is 3.64. The number of aromatic amines is 1. The van der Waals surface area contributed by atoms with Gasteiger partial charge in [0.1, 0.15) is 6.33 Å². The van der Waals surface area contributed by atoms with Gasteiger partial charge >= 0.3 is 0 Å². The molecule has 1 atom stereocenters. The molecule has 8 nitrogen and oxygen atoms in total. The molecule has 1 fully saturated rings. The van der Waals surface area contributed by atoms with Gasteiger partial charge in [-0.2, -0.15) is 10.1 Å². The van der Waals surface area contributed by atoms with Gasteiger partial charge in [0.25, 0.3) is 0 Å². The van der Waals surface area contributed by atoms with Gasteiger partial charge in [-0.1, -0.05) is 12.1 Å². The van der Waals surface area contributed by atoms with E-state index >= 15 is 0 Å². The molecular weight excluding hydrogens is 306 g/mol. The number of aryl methyl sites for hydroxylation is 1. The lowest BCUT2D eigenvalue weighted by Crippen LogP contribution is -2.41. The number of anilines is 2. The Bertz CT molecular complexity index is 855. The molecule has 8 heteroatoms. The summed E-state index contributed by atoms with van der Waals surface area (Å²) in [4.78, 5) is 23.3. The van der Waals surface area contributed by atoms with Crippen molar-refractivity contribution in [3.8, 4) is 0 Å². The molecule has 0 spiro atoms. The number of aromatic nitrogens is 5. The van der Waals surface area contributed by atoms with Crippen LogP contribution in [0.5, 0.6) is 0 Å². The minimum absolute atomic E-state index is 0.0322. The molecule has 2 N–H and O–H groups in total. The highest BCUT2D eigenvalue weighted by molar-refractivity contribution is 5.91. The SMILES string of the molecule is Cn1c(N2CCCC(C(=O)Nc3ncn[nH]3)C2)nc2ccccc21. The van der Waals surface area contributed by atoms with Crippen LogP contribution in [0.2, 0.25) is 0 Å². The number of piperidine rings is 1. The van der Waals surface area contributed by atoms with Crippen molar-refractivity contribution in [1.82, 2.24) is 24.7 Å². The zero-order valence-corrected chi connectivity index (χ0v) is 13.4. The van der Waals surface area contributed by atoms with Crippen molar-refractivity contribution in [2.45, 2.75) is 12.8 Å². The Labute approximate surface area is 138 Å². The van der Waals surface area contributed by atoms with Crippen molar-refractivity contribution in [3.63, 3.8) is 0 Å². The summed E-state index contributed by atoms with van der Waals surface area (Å²) in [5.41, 5.74) is 2.07. The van der Waals surface area contributed by atoms with Crippen molar-refractivity contribution in [2.75, 3.05) is 23.3 Å². The first-order chi connectivity index (χ1) is 11.7. The highest BCUT2D eigenvalue weighted by Crippen LogP contribution is 2.26. The third-order valence-corrected chi connectivity index (χ3v) is 4.50. The van der Waals surface area contributed by atoms with Gasteiger partial charge < -0.3 is 9.47 Å². The van der Waals surface area contributed by atoms with Gasteiger partial charge in [-0.15, -0.1) is 0 Å². The van der Waals surface area contributed by atoms with Crippen LogP contribution in [0.4, 0.5) is 11.9 Å². The van der Waals surface area contributed by atoms with Crippen molar-refractivity contribution in [1.29, 1.82) is 0 Å². The van der Waals surface area contributed by atoms with E-state index in [1.807, 2.05) is 25.2 Å². The predicted octanol–water partition coefficient (Wildman–Crippen LogP) is 1.55. The third kappa shape index (κ3) is 2.60. The number of carbonyl (C=O) groups excluding carboxylic acids is 1. The van der Waals surface area contributed by atoms with Crippen LogP contribution in [-0.2, 0) is 11.8 Å². The van der Waals surface area contributed by atoms with E-state index < -0.39 is 0 Å². The van der Waals surface area contributed by atoms with E-state index in [-0.39, 0.29) is 11.8 Å². The van der Waals surface area contributed by atoms with Crippen molar-refractivity contribution < 1.29 is 4.79 Å². The number of carbonyl (C=O) groups is 1. The van der Waals surface area contributed by atoms with Gasteiger partial charge in [-0.3, -0.25) is 10.1 Å². The summed E-state index contributed by atoms with van der Waals surface area (Å²) in [6.45, 7) is 1.56. The van der Waals surface area contributed by atoms with Gasteiger partial charge in [-0.25, -0.2) is 10.1 Å². The summed E-state index contributed by atoms with van der Waals surface area (Å²) >= 11 is 0. The Morgan fingerprint density at radius 2 is 2.25 bits per heavy atom. The van der Waals surface area contributed by atoms with Crippen LogP contribution >= 0.6 is 0 Å². The number of amides is 1. The fraction of sp³-hybridized carbons (Fsp3) is 0.375. The molecule has 24 heavy (non-hydrogen) atoms. The Hall–Kier alpha value is -2.90. The summed E-state index contributed by atoms with van der Waals surface area (Å²) in [6, 6.07) is 8.07. The first-order valence-corrected chi connectivity index (χ1v) is 8.05. The summed E-state index contributed by atoms with van der Waals surface area (Å²) in [6.07, 6.45) is 3.19. The van der Waals surface area contributed by atoms with E-state index in [9.17, 15) is 4.79 Å². The van der Waals surface area contributed by atoms with Crippen LogP contribution in [0.15, 0.2) is 30.6 Å². The molecule has 1 saturated heterocycles. The smallest absolute Gasteiger partial charge is 0.231 e. The molecule has 1 aromatic carbocycles. The molecule has 1 unspecified atom stereocenters. The first kappa shape index (κ1) is 14.7. The highest BCUT2D eigenvalue weighted by atomic mass is 16.2. The fourth-order valence-electron chi connectivity index (χ4n) is 3.27. The van der Waals surface area contributed by atoms with Crippen LogP contribution in [-0.4, -0.2) is 43.7 Å². The largest absolute Gasteiger partial charge is 0.341 e. The monoisotopic (exact) mass is 325 g/mol. The number of H-pyrrole nitrogens is 1. The van der Waals surface area contributed by atoms with Crippen LogP contribution in [0, 0.1) is 5.92 Å². The number of imidazole rings is 1. The van der Waals surface area contributed by atoms with E-state index in [1.165, 1.54) is 6.33 Å². The molecule has 3 aromatic rings. The second-order valence-electron chi connectivity index (χ2n) is 6.07. The van der Waals surface area contributed by atoms with Gasteiger partial charge in [0, 0.05) is 20.1 Å². The van der Waals surface area contributed by atoms with Crippen LogP contribution in [0.1, 0.15) is 12.8 Å². The first-order valence-electron chi connectivity index (χ1n) is 8.05. The average Bonchev–Trinajstić information content (AvgIpc) is 3.23. The summed E-state index contributed by atoms with van der Waals surface area (Å²) < 4.78 is 2.09. The van der Waals surface area contributed by atoms with Gasteiger partial charge in [0.15, 0.2) is 0 Å². The molecular formula is C16H19N7O. The van der Waals surface area contributed by atoms with E-state index in [1.54, 1.807) is 0 Å². The van der Waals surface area contributed by atoms with E-state index in [2.05, 4.69) is 36.0 Å². The molecule has 0 aliphatic carbocycles. The lowest BCUT2D eigenvalue weighted by atomic mass is 9.97. The number of nitrogens with zero attached hydrogens (tertiary/aromatic N) is 5. The predicted molar refractivity (Wildman–Crippen MR) is 90.7 cm³/mol. The number of nitrogens with one attached hydrogen (secondary N) is 2. The second-order valence-corrected chi connectivity index (χ2v) is 6.07. The fourth-order valence-corrected chi connectivity index (χ4v) is 3.27. The third-order valence-electron chi connectivity index (χ3n) is 4.50. The minimum atomic E-state index is -0.0938. The second kappa shape index (κ2) is 5.95. The number of fused-ring (bicyclic) bond motifs is 1. The zero-order chi connectivity index (χ0) is 16.5. The van der Waals surface area contributed by atoms with E-state index in [4.69, 9.17) is 4.98 Å². The molecule has 3 heterocycles. The lowest BCUT2D eigenvalue weighted by molar-refractivity contribution is -0.120. The topological polar surface area (TPSA) is 91.7 Å². The van der Waals surface area contributed by atoms with Crippen molar-refractivity contribution in [3.05, 3.63) is 30.6 Å². The Morgan fingerprint density at radius 1 is 1.38 bits per heavy atom. The summed E-state index contributed by atoms with van der Waals surface area (Å²) in [5.74, 6) is 1.17.